The summed E-state index contributed by atoms with van der Waals surface area (Å²) in [5.74, 6) is -0.619. The fourth-order valence-electron chi connectivity index (χ4n) is 5.28. The molecular formula is C28H35N3O3. The second kappa shape index (κ2) is 8.90. The lowest BCUT2D eigenvalue weighted by atomic mass is 9.80. The minimum Gasteiger partial charge on any atom is -0.324 e. The van der Waals surface area contributed by atoms with Crippen LogP contribution in [0.3, 0.4) is 0 Å². The van der Waals surface area contributed by atoms with Crippen LogP contribution in [0.1, 0.15) is 69.6 Å². The number of nitrogens with zero attached hydrogens (tertiary/aromatic N) is 2. The van der Waals surface area contributed by atoms with Crippen molar-refractivity contribution in [1.82, 2.24) is 4.90 Å². The molecule has 1 heterocycles. The minimum absolute atomic E-state index is 0.164. The Morgan fingerprint density at radius 3 is 2.24 bits per heavy atom. The van der Waals surface area contributed by atoms with E-state index in [2.05, 4.69) is 26.1 Å². The summed E-state index contributed by atoms with van der Waals surface area (Å²) in [5, 5.41) is 3.00. The van der Waals surface area contributed by atoms with Gasteiger partial charge in [0, 0.05) is 11.4 Å². The normalized spacial score (nSPS) is 18.0. The molecule has 2 aliphatic rings. The molecular weight excluding hydrogens is 426 g/mol. The summed E-state index contributed by atoms with van der Waals surface area (Å²) >= 11 is 0. The van der Waals surface area contributed by atoms with Gasteiger partial charge in [0.25, 0.3) is 5.91 Å². The van der Waals surface area contributed by atoms with E-state index >= 15 is 0 Å². The highest BCUT2D eigenvalue weighted by Gasteiger charge is 2.58. The molecule has 6 nitrogen and oxygen atoms in total. The number of benzene rings is 2. The van der Waals surface area contributed by atoms with Crippen molar-refractivity contribution in [2.45, 2.75) is 77.7 Å². The van der Waals surface area contributed by atoms with Crippen LogP contribution in [-0.4, -0.2) is 34.8 Å². The molecule has 2 aromatic rings. The third-order valence-corrected chi connectivity index (χ3v) is 7.11. The molecule has 2 fully saturated rings. The highest BCUT2D eigenvalue weighted by molar-refractivity contribution is 6.18. The zero-order valence-corrected chi connectivity index (χ0v) is 20.9. The quantitative estimate of drug-likeness (QED) is 0.593. The lowest BCUT2D eigenvalue weighted by Crippen LogP contribution is -2.51. The molecule has 1 spiro atoms. The summed E-state index contributed by atoms with van der Waals surface area (Å²) in [6.45, 7) is 9.93. The Balaban J connectivity index is 1.63. The van der Waals surface area contributed by atoms with Crippen LogP contribution in [0.2, 0.25) is 0 Å². The third-order valence-electron chi connectivity index (χ3n) is 7.11. The molecule has 0 atom stereocenters. The predicted octanol–water partition coefficient (Wildman–Crippen LogP) is 5.71. The molecule has 34 heavy (non-hydrogen) atoms. The first-order valence-corrected chi connectivity index (χ1v) is 12.2. The fraction of sp³-hybridized carbons (Fsp3) is 0.464. The van der Waals surface area contributed by atoms with Gasteiger partial charge < -0.3 is 5.32 Å². The van der Waals surface area contributed by atoms with E-state index in [1.54, 1.807) is 4.90 Å². The highest BCUT2D eigenvalue weighted by Crippen LogP contribution is 2.43. The van der Waals surface area contributed by atoms with Crippen LogP contribution >= 0.6 is 0 Å². The van der Waals surface area contributed by atoms with Crippen LogP contribution in [0.15, 0.2) is 42.5 Å². The Labute approximate surface area is 202 Å². The summed E-state index contributed by atoms with van der Waals surface area (Å²) in [5.41, 5.74) is 3.45. The standard InChI is InChI=1S/C28H35N3O3/c1-19-12-14-21(15-13-19)31-26(34)30(25(33)28(31)16-7-6-8-17-28)18-23(32)29-24-20(2)10-9-11-22(24)27(3,4)5/h9-15H,6-8,16-18H2,1-5H3,(H,29,32). The van der Waals surface area contributed by atoms with Gasteiger partial charge in [0.15, 0.2) is 0 Å². The van der Waals surface area contributed by atoms with E-state index in [0.717, 1.165) is 46.5 Å². The van der Waals surface area contributed by atoms with Gasteiger partial charge in [0.2, 0.25) is 5.91 Å². The summed E-state index contributed by atoms with van der Waals surface area (Å²) in [7, 11) is 0. The first-order valence-electron chi connectivity index (χ1n) is 12.2. The van der Waals surface area contributed by atoms with Gasteiger partial charge in [-0.3, -0.25) is 19.4 Å². The average Bonchev–Trinajstić information content (AvgIpc) is 2.97. The SMILES string of the molecule is Cc1ccc(N2C(=O)N(CC(=O)Nc3c(C)cccc3C(C)(C)C)C(=O)C23CCCCC3)cc1. The van der Waals surface area contributed by atoms with E-state index in [0.29, 0.717) is 18.5 Å². The van der Waals surface area contributed by atoms with Gasteiger partial charge in [-0.05, 0) is 55.4 Å². The molecule has 4 amide bonds. The third kappa shape index (κ3) is 4.22. The van der Waals surface area contributed by atoms with Crippen LogP contribution in [0, 0.1) is 13.8 Å². The first-order chi connectivity index (χ1) is 16.0. The van der Waals surface area contributed by atoms with Crippen molar-refractivity contribution in [3.05, 3.63) is 59.2 Å². The number of nitrogens with one attached hydrogen (secondary N) is 1. The second-order valence-electron chi connectivity index (χ2n) is 10.7. The molecule has 0 radical (unpaired) electrons. The second-order valence-corrected chi connectivity index (χ2v) is 10.7. The summed E-state index contributed by atoms with van der Waals surface area (Å²) in [6.07, 6.45) is 4.07. The Hall–Kier alpha value is -3.15. The average molecular weight is 462 g/mol. The van der Waals surface area contributed by atoms with E-state index in [-0.39, 0.29) is 23.8 Å². The molecule has 4 rings (SSSR count). The number of aryl methyl sites for hydroxylation is 2. The largest absolute Gasteiger partial charge is 0.332 e. The molecule has 0 bridgehead atoms. The Bertz CT molecular complexity index is 1110. The summed E-state index contributed by atoms with van der Waals surface area (Å²) in [6, 6.07) is 13.2. The number of imide groups is 1. The number of rotatable bonds is 4. The monoisotopic (exact) mass is 461 g/mol. The Kier molecular flexibility index (Phi) is 6.28. The Morgan fingerprint density at radius 2 is 1.62 bits per heavy atom. The molecule has 1 saturated carbocycles. The van der Waals surface area contributed by atoms with E-state index in [9.17, 15) is 14.4 Å². The van der Waals surface area contributed by atoms with Crippen LogP contribution in [-0.2, 0) is 15.0 Å². The number of carbonyl (C=O) groups excluding carboxylic acids is 3. The number of carbonyl (C=O) groups is 3. The van der Waals surface area contributed by atoms with E-state index in [4.69, 9.17) is 0 Å². The van der Waals surface area contributed by atoms with Crippen LogP contribution < -0.4 is 10.2 Å². The summed E-state index contributed by atoms with van der Waals surface area (Å²) in [4.78, 5) is 43.3. The zero-order valence-electron chi connectivity index (χ0n) is 20.9. The number of hydrogen-bond donors (Lipinski definition) is 1. The van der Waals surface area contributed by atoms with Crippen LogP contribution in [0.25, 0.3) is 0 Å². The van der Waals surface area contributed by atoms with Gasteiger partial charge >= 0.3 is 6.03 Å². The van der Waals surface area contributed by atoms with Gasteiger partial charge in [-0.1, -0.05) is 75.9 Å². The number of urea groups is 1. The molecule has 6 heteroatoms. The number of anilines is 2. The van der Waals surface area contributed by atoms with Crippen molar-refractivity contribution in [1.29, 1.82) is 0 Å². The Morgan fingerprint density at radius 1 is 0.971 bits per heavy atom. The number of amides is 4. The lowest BCUT2D eigenvalue weighted by Gasteiger charge is -2.38. The molecule has 1 aliphatic heterocycles. The predicted molar refractivity (Wildman–Crippen MR) is 135 cm³/mol. The minimum atomic E-state index is -0.899. The van der Waals surface area contributed by atoms with Crippen LogP contribution in [0.5, 0.6) is 0 Å². The van der Waals surface area contributed by atoms with Gasteiger partial charge in [-0.15, -0.1) is 0 Å². The molecule has 1 saturated heterocycles. The zero-order chi connectivity index (χ0) is 24.7. The molecule has 1 aliphatic carbocycles. The highest BCUT2D eigenvalue weighted by atomic mass is 16.2. The topological polar surface area (TPSA) is 69.7 Å². The van der Waals surface area contributed by atoms with Crippen molar-refractivity contribution in [3.63, 3.8) is 0 Å². The molecule has 1 N–H and O–H groups in total. The molecule has 0 aromatic heterocycles. The van der Waals surface area contributed by atoms with Gasteiger partial charge in [-0.25, -0.2) is 4.79 Å². The van der Waals surface area contributed by atoms with Gasteiger partial charge in [0.1, 0.15) is 12.1 Å². The number of para-hydroxylation sites is 1. The fourth-order valence-corrected chi connectivity index (χ4v) is 5.28. The maximum Gasteiger partial charge on any atom is 0.332 e. The lowest BCUT2D eigenvalue weighted by molar-refractivity contribution is -0.134. The smallest absolute Gasteiger partial charge is 0.324 e. The van der Waals surface area contributed by atoms with Crippen molar-refractivity contribution in [2.75, 3.05) is 16.8 Å². The summed E-state index contributed by atoms with van der Waals surface area (Å²) < 4.78 is 0. The van der Waals surface area contributed by atoms with E-state index in [1.165, 1.54) is 0 Å². The maximum absolute atomic E-state index is 13.7. The number of hydrogen-bond acceptors (Lipinski definition) is 3. The molecule has 180 valence electrons. The van der Waals surface area contributed by atoms with Crippen molar-refractivity contribution < 1.29 is 14.4 Å². The van der Waals surface area contributed by atoms with E-state index < -0.39 is 11.6 Å². The molecule has 0 unspecified atom stereocenters. The first kappa shape index (κ1) is 24.0. The maximum atomic E-state index is 13.7. The van der Waals surface area contributed by atoms with Gasteiger partial charge in [0.05, 0.1) is 0 Å². The van der Waals surface area contributed by atoms with Crippen molar-refractivity contribution in [3.8, 4) is 0 Å². The van der Waals surface area contributed by atoms with E-state index in [1.807, 2.05) is 56.3 Å². The van der Waals surface area contributed by atoms with Crippen molar-refractivity contribution >= 4 is 29.2 Å². The van der Waals surface area contributed by atoms with Crippen molar-refractivity contribution in [2.24, 2.45) is 0 Å². The van der Waals surface area contributed by atoms with Crippen LogP contribution in [0.4, 0.5) is 16.2 Å². The van der Waals surface area contributed by atoms with Gasteiger partial charge in [-0.2, -0.15) is 0 Å². The molecule has 2 aromatic carbocycles.